The molecule has 0 aliphatic heterocycles. The lowest BCUT2D eigenvalue weighted by molar-refractivity contribution is -0.114. The van der Waals surface area contributed by atoms with Crippen molar-refractivity contribution in [3.8, 4) is 0 Å². The predicted octanol–water partition coefficient (Wildman–Crippen LogP) is 0.858. The van der Waals surface area contributed by atoms with Gasteiger partial charge in [0.15, 0.2) is 0 Å². The van der Waals surface area contributed by atoms with Crippen molar-refractivity contribution in [3.05, 3.63) is 23.5 Å². The van der Waals surface area contributed by atoms with Crippen LogP contribution in [0.15, 0.2) is 12.1 Å². The largest absolute Gasteiger partial charge is 0.394 e. The molecule has 5 nitrogen and oxygen atoms in total. The van der Waals surface area contributed by atoms with E-state index in [1.165, 1.54) is 19.1 Å². The smallest absolute Gasteiger partial charge is 0.221 e. The third kappa shape index (κ3) is 3.97. The molecule has 1 unspecified atom stereocenters. The first-order valence-corrected chi connectivity index (χ1v) is 5.54. The van der Waals surface area contributed by atoms with Gasteiger partial charge in [0.2, 0.25) is 5.91 Å². The lowest BCUT2D eigenvalue weighted by Gasteiger charge is -2.16. The molecule has 0 radical (unpaired) electrons. The number of nitrogens with one attached hydrogen (secondary N) is 2. The average molecular weight is 256 g/mol. The molecular weight excluding hydrogens is 239 g/mol. The topological polar surface area (TPSA) is 81.6 Å². The highest BCUT2D eigenvalue weighted by molar-refractivity contribution is 5.93. The van der Waals surface area contributed by atoms with Gasteiger partial charge in [0.25, 0.3) is 0 Å². The van der Waals surface area contributed by atoms with Crippen LogP contribution in [0.2, 0.25) is 0 Å². The Morgan fingerprint density at radius 2 is 2.17 bits per heavy atom. The van der Waals surface area contributed by atoms with Gasteiger partial charge in [-0.3, -0.25) is 4.79 Å². The molecule has 0 saturated heterocycles. The Morgan fingerprint density at radius 3 is 2.72 bits per heavy atom. The van der Waals surface area contributed by atoms with Gasteiger partial charge in [-0.1, -0.05) is 0 Å². The van der Waals surface area contributed by atoms with Crippen molar-refractivity contribution in [2.45, 2.75) is 20.0 Å². The maximum Gasteiger partial charge on any atom is 0.221 e. The fourth-order valence-corrected chi connectivity index (χ4v) is 1.52. The van der Waals surface area contributed by atoms with Gasteiger partial charge >= 0.3 is 0 Å². The third-order valence-corrected chi connectivity index (χ3v) is 2.34. The number of halogens is 1. The molecule has 0 saturated carbocycles. The van der Waals surface area contributed by atoms with Gasteiger partial charge in [-0.2, -0.15) is 0 Å². The van der Waals surface area contributed by atoms with Gasteiger partial charge in [-0.05, 0) is 24.6 Å². The summed E-state index contributed by atoms with van der Waals surface area (Å²) in [4.78, 5) is 11.1. The van der Waals surface area contributed by atoms with Crippen LogP contribution in [0.25, 0.3) is 0 Å². The van der Waals surface area contributed by atoms with Crippen LogP contribution >= 0.6 is 0 Å². The number of carbonyl (C=O) groups is 1. The molecule has 0 fully saturated rings. The minimum absolute atomic E-state index is 0.0615. The lowest BCUT2D eigenvalue weighted by Crippen LogP contribution is -2.23. The van der Waals surface area contributed by atoms with Crippen LogP contribution in [-0.2, 0) is 4.79 Å². The summed E-state index contributed by atoms with van der Waals surface area (Å²) in [6, 6.07) is 2.53. The summed E-state index contributed by atoms with van der Waals surface area (Å²) in [6.07, 6.45) is -0.946. The first-order chi connectivity index (χ1) is 8.43. The summed E-state index contributed by atoms with van der Waals surface area (Å²) >= 11 is 0. The first kappa shape index (κ1) is 14.4. The molecule has 1 aromatic carbocycles. The van der Waals surface area contributed by atoms with Crippen LogP contribution in [0.1, 0.15) is 12.5 Å². The van der Waals surface area contributed by atoms with Gasteiger partial charge < -0.3 is 20.8 Å². The van der Waals surface area contributed by atoms with E-state index < -0.39 is 18.5 Å². The summed E-state index contributed by atoms with van der Waals surface area (Å²) in [7, 11) is 0. The molecular formula is C12H17FN2O3. The van der Waals surface area contributed by atoms with E-state index >= 15 is 0 Å². The molecule has 0 bridgehead atoms. The second-order valence-electron chi connectivity index (χ2n) is 4.04. The van der Waals surface area contributed by atoms with E-state index in [0.29, 0.717) is 16.9 Å². The van der Waals surface area contributed by atoms with E-state index in [4.69, 9.17) is 5.11 Å². The summed E-state index contributed by atoms with van der Waals surface area (Å²) in [6.45, 7) is 2.69. The van der Waals surface area contributed by atoms with Crippen molar-refractivity contribution in [1.29, 1.82) is 0 Å². The van der Waals surface area contributed by atoms with Crippen molar-refractivity contribution in [2.75, 3.05) is 23.8 Å². The molecule has 4 N–H and O–H groups in total. The van der Waals surface area contributed by atoms with Crippen molar-refractivity contribution < 1.29 is 19.4 Å². The highest BCUT2D eigenvalue weighted by Crippen LogP contribution is 2.27. The zero-order valence-electron chi connectivity index (χ0n) is 10.3. The number of aliphatic hydroxyl groups is 2. The Bertz CT molecular complexity index is 438. The molecule has 6 heteroatoms. The van der Waals surface area contributed by atoms with Crippen molar-refractivity contribution in [3.63, 3.8) is 0 Å². The van der Waals surface area contributed by atoms with Gasteiger partial charge in [0.1, 0.15) is 5.82 Å². The van der Waals surface area contributed by atoms with Crippen molar-refractivity contribution in [2.24, 2.45) is 0 Å². The Labute approximate surface area is 105 Å². The second kappa shape index (κ2) is 6.32. The molecule has 1 atom stereocenters. The van der Waals surface area contributed by atoms with E-state index in [1.54, 1.807) is 6.92 Å². The average Bonchev–Trinajstić information content (AvgIpc) is 2.29. The van der Waals surface area contributed by atoms with E-state index in [9.17, 15) is 14.3 Å². The fraction of sp³-hybridized carbons (Fsp3) is 0.417. The molecule has 0 aromatic heterocycles. The van der Waals surface area contributed by atoms with Crippen LogP contribution in [-0.4, -0.2) is 35.4 Å². The maximum absolute atomic E-state index is 13.3. The number of hydrogen-bond donors (Lipinski definition) is 4. The first-order valence-electron chi connectivity index (χ1n) is 5.54. The Kier molecular flexibility index (Phi) is 5.06. The molecule has 1 rings (SSSR count). The molecule has 0 aliphatic carbocycles. The number of aliphatic hydroxyl groups excluding tert-OH is 2. The zero-order chi connectivity index (χ0) is 13.7. The molecule has 0 spiro atoms. The zero-order valence-corrected chi connectivity index (χ0v) is 10.3. The van der Waals surface area contributed by atoms with Gasteiger partial charge in [-0.15, -0.1) is 0 Å². The number of hydrogen-bond acceptors (Lipinski definition) is 4. The maximum atomic E-state index is 13.3. The summed E-state index contributed by atoms with van der Waals surface area (Å²) in [5, 5.41) is 23.3. The molecule has 1 aromatic rings. The van der Waals surface area contributed by atoms with Gasteiger partial charge in [0.05, 0.1) is 24.1 Å². The van der Waals surface area contributed by atoms with Crippen LogP contribution < -0.4 is 10.6 Å². The highest BCUT2D eigenvalue weighted by atomic mass is 19.1. The van der Waals surface area contributed by atoms with E-state index in [-0.39, 0.29) is 12.5 Å². The molecule has 0 aliphatic rings. The number of amides is 1. The molecule has 100 valence electrons. The SMILES string of the molecule is CC(=O)Nc1c(C)cc(F)cc1NCC(O)CO. The van der Waals surface area contributed by atoms with E-state index in [2.05, 4.69) is 10.6 Å². The summed E-state index contributed by atoms with van der Waals surface area (Å²) in [5.41, 5.74) is 1.41. The number of anilines is 2. The molecule has 1 amide bonds. The molecule has 18 heavy (non-hydrogen) atoms. The Morgan fingerprint density at radius 1 is 1.50 bits per heavy atom. The van der Waals surface area contributed by atoms with Crippen molar-refractivity contribution >= 4 is 17.3 Å². The number of benzene rings is 1. The van der Waals surface area contributed by atoms with Crippen LogP contribution in [0.3, 0.4) is 0 Å². The monoisotopic (exact) mass is 256 g/mol. The highest BCUT2D eigenvalue weighted by Gasteiger charge is 2.11. The molecule has 0 heterocycles. The van der Waals surface area contributed by atoms with Gasteiger partial charge in [0, 0.05) is 13.5 Å². The quantitative estimate of drug-likeness (QED) is 0.630. The number of carbonyl (C=O) groups excluding carboxylic acids is 1. The Hall–Kier alpha value is -1.66. The lowest BCUT2D eigenvalue weighted by atomic mass is 10.1. The van der Waals surface area contributed by atoms with Gasteiger partial charge in [-0.25, -0.2) is 4.39 Å². The fourth-order valence-electron chi connectivity index (χ4n) is 1.52. The third-order valence-electron chi connectivity index (χ3n) is 2.34. The summed E-state index contributed by atoms with van der Waals surface area (Å²) < 4.78 is 13.3. The normalized spacial score (nSPS) is 12.1. The van der Waals surface area contributed by atoms with E-state index in [1.807, 2.05) is 0 Å². The predicted molar refractivity (Wildman–Crippen MR) is 67.0 cm³/mol. The van der Waals surface area contributed by atoms with Crippen LogP contribution in [0.4, 0.5) is 15.8 Å². The van der Waals surface area contributed by atoms with E-state index in [0.717, 1.165) is 0 Å². The summed E-state index contributed by atoms with van der Waals surface area (Å²) in [5.74, 6) is -0.710. The minimum Gasteiger partial charge on any atom is -0.394 e. The number of rotatable bonds is 5. The Balaban J connectivity index is 2.95. The second-order valence-corrected chi connectivity index (χ2v) is 4.04. The van der Waals surface area contributed by atoms with Crippen LogP contribution in [0.5, 0.6) is 0 Å². The van der Waals surface area contributed by atoms with Crippen molar-refractivity contribution in [1.82, 2.24) is 0 Å². The number of aryl methyl sites for hydroxylation is 1. The standard InChI is InChI=1S/C12H17FN2O3/c1-7-3-9(13)4-11(12(7)15-8(2)17)14-5-10(18)6-16/h3-4,10,14,16,18H,5-6H2,1-2H3,(H,15,17). The minimum atomic E-state index is -0.946. The van der Waals surface area contributed by atoms with Crippen LogP contribution in [0, 0.1) is 12.7 Å².